The number of nitrogens with zero attached hydrogens (tertiary/aromatic N) is 3. The number of nitrogens with one attached hydrogen (secondary N) is 1. The highest BCUT2D eigenvalue weighted by Crippen LogP contribution is 2.37. The van der Waals surface area contributed by atoms with Crippen LogP contribution >= 0.6 is 11.6 Å². The van der Waals surface area contributed by atoms with E-state index in [-0.39, 0.29) is 5.84 Å². The third kappa shape index (κ3) is 4.29. The number of oxime groups is 1. The van der Waals surface area contributed by atoms with Crippen molar-refractivity contribution in [3.8, 4) is 0 Å². The summed E-state index contributed by atoms with van der Waals surface area (Å²) >= 11 is 6.08. The van der Waals surface area contributed by atoms with Gasteiger partial charge in [-0.15, -0.1) is 0 Å². The van der Waals surface area contributed by atoms with Gasteiger partial charge in [-0.25, -0.2) is 13.5 Å². The van der Waals surface area contributed by atoms with Crippen molar-refractivity contribution in [1.82, 2.24) is 9.88 Å². The van der Waals surface area contributed by atoms with Gasteiger partial charge in [-0.05, 0) is 49.2 Å². The molecule has 2 N–H and O–H groups in total. The Kier molecular flexibility index (Phi) is 7.07. The number of fused-ring (bicyclic) bond motifs is 1. The molecular weight excluding hydrogens is 456 g/mol. The van der Waals surface area contributed by atoms with Crippen molar-refractivity contribution in [3.63, 3.8) is 0 Å². The Morgan fingerprint density at radius 1 is 1.25 bits per heavy atom. The zero-order valence-electron chi connectivity index (χ0n) is 17.7. The van der Waals surface area contributed by atoms with Crippen LogP contribution in [0.25, 0.3) is 10.9 Å². The Hall–Kier alpha value is -3.08. The molecule has 1 unspecified atom stereocenters. The smallest absolute Gasteiger partial charge is 0.277 e. The van der Waals surface area contributed by atoms with Gasteiger partial charge >= 0.3 is 0 Å². The van der Waals surface area contributed by atoms with Crippen molar-refractivity contribution in [2.24, 2.45) is 5.16 Å². The second-order valence-electron chi connectivity index (χ2n) is 7.06. The first-order valence-electron chi connectivity index (χ1n) is 9.67. The molecule has 1 heterocycles. The number of anilines is 1. The normalized spacial score (nSPS) is 13.8. The maximum absolute atomic E-state index is 13.6. The minimum Gasteiger partial charge on any atom is -0.409 e. The van der Waals surface area contributed by atoms with E-state index in [0.29, 0.717) is 33.6 Å². The lowest BCUT2D eigenvalue weighted by atomic mass is 9.85. The van der Waals surface area contributed by atoms with E-state index in [2.05, 4.69) is 10.5 Å². The van der Waals surface area contributed by atoms with Gasteiger partial charge in [-0.1, -0.05) is 41.9 Å². The van der Waals surface area contributed by atoms with Crippen molar-refractivity contribution in [2.45, 2.75) is 25.8 Å². The summed E-state index contributed by atoms with van der Waals surface area (Å²) in [5.41, 5.74) is 0.627. The highest BCUT2D eigenvalue weighted by atomic mass is 35.5. The Bertz CT molecular complexity index is 1230. The zero-order chi connectivity index (χ0) is 23.5. The topological polar surface area (TPSA) is 113 Å². The average Bonchev–Trinajstić information content (AvgIpc) is 3.20. The van der Waals surface area contributed by atoms with Gasteiger partial charge in [0, 0.05) is 23.7 Å². The number of amidine groups is 1. The molecule has 0 fully saturated rings. The van der Waals surface area contributed by atoms with Crippen LogP contribution in [0, 0.1) is 0 Å². The number of amides is 1. The Balaban J connectivity index is 2.27. The van der Waals surface area contributed by atoms with Crippen LogP contribution in [0.2, 0.25) is 5.02 Å². The number of carbonyl (C=O) groups excluding carboxylic acids is 1. The first-order chi connectivity index (χ1) is 15.2. The van der Waals surface area contributed by atoms with E-state index in [9.17, 15) is 13.2 Å². The quantitative estimate of drug-likeness (QED) is 0.158. The number of hydrogen-bond acceptors (Lipinski definition) is 7. The summed E-state index contributed by atoms with van der Waals surface area (Å²) in [5.74, 6) is -0.362. The van der Waals surface area contributed by atoms with Crippen molar-refractivity contribution in [3.05, 3.63) is 65.3 Å². The number of halogens is 1. The van der Waals surface area contributed by atoms with Crippen LogP contribution in [-0.4, -0.2) is 37.0 Å². The molecular formula is C21H23ClN4O5S. The Morgan fingerprint density at radius 2 is 1.94 bits per heavy atom. The van der Waals surface area contributed by atoms with E-state index in [1.54, 1.807) is 53.2 Å². The molecule has 3 rings (SSSR count). The van der Waals surface area contributed by atoms with Crippen LogP contribution < -0.4 is 10.4 Å². The molecule has 0 aliphatic carbocycles. The minimum atomic E-state index is -3.09. The predicted molar refractivity (Wildman–Crippen MR) is 124 cm³/mol. The molecule has 0 saturated carbocycles. The third-order valence-electron chi connectivity index (χ3n) is 5.30. The van der Waals surface area contributed by atoms with Gasteiger partial charge in [-0.3, -0.25) is 4.79 Å². The predicted octanol–water partition coefficient (Wildman–Crippen LogP) is 3.27. The number of benzene rings is 2. The van der Waals surface area contributed by atoms with Crippen molar-refractivity contribution in [2.75, 3.05) is 12.1 Å². The van der Waals surface area contributed by atoms with E-state index in [0.717, 1.165) is 5.06 Å². The highest BCUT2D eigenvalue weighted by Gasteiger charge is 2.41. The molecule has 1 aromatic heterocycles. The number of hydroxylamine groups is 1. The van der Waals surface area contributed by atoms with Crippen LogP contribution in [0.5, 0.6) is 0 Å². The van der Waals surface area contributed by atoms with E-state index in [1.165, 1.54) is 14.0 Å². The zero-order valence-corrected chi connectivity index (χ0v) is 19.3. The maximum Gasteiger partial charge on any atom is 0.277 e. The molecule has 2 aromatic carbocycles. The summed E-state index contributed by atoms with van der Waals surface area (Å²) in [4.78, 5) is 13.6. The fraction of sp³-hybridized carbons (Fsp3) is 0.238. The second-order valence-corrected chi connectivity index (χ2v) is 8.11. The number of hydrogen-bond donors (Lipinski definition) is 3. The molecule has 0 radical (unpaired) electrons. The van der Waals surface area contributed by atoms with E-state index < -0.39 is 22.4 Å². The third-order valence-corrected chi connectivity index (χ3v) is 5.93. The number of thiol groups is 1. The molecule has 32 heavy (non-hydrogen) atoms. The van der Waals surface area contributed by atoms with E-state index >= 15 is 0 Å². The van der Waals surface area contributed by atoms with Gasteiger partial charge in [0.15, 0.2) is 0 Å². The van der Waals surface area contributed by atoms with Gasteiger partial charge in [-0.2, -0.15) is 4.28 Å². The number of aromatic nitrogens is 1. The van der Waals surface area contributed by atoms with Gasteiger partial charge < -0.3 is 15.1 Å². The summed E-state index contributed by atoms with van der Waals surface area (Å²) in [5, 5.41) is 17.1. The van der Waals surface area contributed by atoms with E-state index in [1.807, 2.05) is 13.0 Å². The van der Waals surface area contributed by atoms with Gasteiger partial charge in [0.1, 0.15) is 11.4 Å². The summed E-state index contributed by atoms with van der Waals surface area (Å²) < 4.78 is 28.7. The lowest BCUT2D eigenvalue weighted by Gasteiger charge is -2.34. The molecule has 9 nitrogen and oxygen atoms in total. The summed E-state index contributed by atoms with van der Waals surface area (Å²) in [6.07, 6.45) is 2.11. The van der Waals surface area contributed by atoms with Crippen LogP contribution in [-0.2, 0) is 25.6 Å². The van der Waals surface area contributed by atoms with Crippen LogP contribution in [0.3, 0.4) is 0 Å². The monoisotopic (exact) mass is 478 g/mol. The number of carbonyl (C=O) groups is 1. The van der Waals surface area contributed by atoms with Gasteiger partial charge in [0.2, 0.25) is 0 Å². The molecule has 11 heteroatoms. The van der Waals surface area contributed by atoms with Gasteiger partial charge in [0.25, 0.3) is 16.9 Å². The van der Waals surface area contributed by atoms with Crippen LogP contribution in [0.15, 0.2) is 59.9 Å². The lowest BCUT2D eigenvalue weighted by molar-refractivity contribution is -0.126. The fourth-order valence-corrected chi connectivity index (χ4v) is 4.25. The summed E-state index contributed by atoms with van der Waals surface area (Å²) in [6, 6.07) is 14.0. The lowest BCUT2D eigenvalue weighted by Crippen LogP contribution is -2.50. The van der Waals surface area contributed by atoms with Crippen molar-refractivity contribution in [1.29, 1.82) is 0 Å². The molecule has 170 valence electrons. The first-order valence-corrected chi connectivity index (χ1v) is 11.1. The minimum absolute atomic E-state index is 0.0475. The first kappa shape index (κ1) is 23.6. The standard InChI is InChI=1S/C21H23ClN4O5S/c1-4-21(20(27)23-14(2)24-28,15-8-10-16(22)11-9-15)26-13-12-17-18(6-5-7-19(17)26)25(3)31-32(29)30/h5-13,28,32H,4H2,1-3H3,(H,23,24,27). The molecule has 1 amide bonds. The molecule has 0 spiro atoms. The largest absolute Gasteiger partial charge is 0.409 e. The maximum atomic E-state index is 13.6. The highest BCUT2D eigenvalue weighted by molar-refractivity contribution is 7.67. The molecule has 0 bridgehead atoms. The number of rotatable bonds is 7. The van der Waals surface area contributed by atoms with Crippen molar-refractivity contribution < 1.29 is 22.7 Å². The molecule has 1 atom stereocenters. The Morgan fingerprint density at radius 3 is 2.53 bits per heavy atom. The van der Waals surface area contributed by atoms with Crippen LogP contribution in [0.1, 0.15) is 25.8 Å². The van der Waals surface area contributed by atoms with Crippen molar-refractivity contribution >= 4 is 50.9 Å². The molecule has 0 saturated heterocycles. The molecule has 3 aromatic rings. The molecule has 0 aliphatic heterocycles. The summed E-state index contributed by atoms with van der Waals surface area (Å²) in [7, 11) is -1.61. The van der Waals surface area contributed by atoms with E-state index in [4.69, 9.17) is 21.1 Å². The fourth-order valence-electron chi connectivity index (χ4n) is 3.84. The van der Waals surface area contributed by atoms with Crippen LogP contribution in [0.4, 0.5) is 5.69 Å². The average molecular weight is 479 g/mol. The Labute approximate surface area is 191 Å². The second kappa shape index (κ2) is 9.60. The summed E-state index contributed by atoms with van der Waals surface area (Å²) in [6.45, 7) is 3.34. The van der Waals surface area contributed by atoms with Gasteiger partial charge in [0.05, 0.1) is 11.2 Å². The molecule has 0 aliphatic rings. The SMILES string of the molecule is CCC(C(=O)NC(C)=NO)(c1ccc(Cl)cc1)n1ccc2c(N(C)O[SH](=O)=O)cccc21.